The Morgan fingerprint density at radius 3 is 2.40 bits per heavy atom. The van der Waals surface area contributed by atoms with Crippen LogP contribution >= 0.6 is 11.3 Å². The van der Waals surface area contributed by atoms with E-state index in [4.69, 9.17) is 0 Å². The average Bonchev–Trinajstić information content (AvgIpc) is 3.11. The average molecular weight is 434 g/mol. The number of benzene rings is 1. The largest absolute Gasteiger partial charge is 0.338 e. The molecule has 0 bridgehead atoms. The molecule has 0 atom stereocenters. The highest BCUT2D eigenvalue weighted by molar-refractivity contribution is 7.10. The standard InChI is InChI=1S/C23H32FN3O2S/c1-5-6-12-25-23(29)27(17(2)3)16-22(28)26(15-21-18(4)11-13-30-21)14-19-7-9-20(24)10-8-19/h7-11,13,17H,5-6,12,14-16H2,1-4H3,(H,25,29). The van der Waals surface area contributed by atoms with Crippen molar-refractivity contribution in [1.82, 2.24) is 15.1 Å². The number of carbonyl (C=O) groups is 2. The van der Waals surface area contributed by atoms with Crippen LogP contribution < -0.4 is 5.32 Å². The van der Waals surface area contributed by atoms with E-state index in [0.29, 0.717) is 19.6 Å². The molecule has 5 nitrogen and oxygen atoms in total. The number of thiophene rings is 1. The molecule has 0 fully saturated rings. The van der Waals surface area contributed by atoms with Gasteiger partial charge in [-0.1, -0.05) is 25.5 Å². The molecule has 0 aliphatic rings. The van der Waals surface area contributed by atoms with Crippen LogP contribution in [0.1, 0.15) is 49.6 Å². The SMILES string of the molecule is CCCCNC(=O)N(CC(=O)N(Cc1ccc(F)cc1)Cc1sccc1C)C(C)C. The first-order chi connectivity index (χ1) is 14.3. The van der Waals surface area contributed by atoms with Crippen LogP contribution in [0.5, 0.6) is 0 Å². The molecule has 7 heteroatoms. The van der Waals surface area contributed by atoms with E-state index in [-0.39, 0.29) is 30.3 Å². The summed E-state index contributed by atoms with van der Waals surface area (Å²) in [6.07, 6.45) is 1.90. The fraction of sp³-hybridized carbons (Fsp3) is 0.478. The Balaban J connectivity index is 2.15. The van der Waals surface area contributed by atoms with Crippen LogP contribution in [0.4, 0.5) is 9.18 Å². The summed E-state index contributed by atoms with van der Waals surface area (Å²) < 4.78 is 13.3. The van der Waals surface area contributed by atoms with Crippen molar-refractivity contribution >= 4 is 23.3 Å². The lowest BCUT2D eigenvalue weighted by Gasteiger charge is -2.30. The number of carbonyl (C=O) groups excluding carboxylic acids is 2. The molecule has 3 amide bonds. The summed E-state index contributed by atoms with van der Waals surface area (Å²) in [6, 6.07) is 7.88. The normalized spacial score (nSPS) is 10.9. The van der Waals surface area contributed by atoms with Crippen molar-refractivity contribution in [3.8, 4) is 0 Å². The Labute approximate surface area is 182 Å². The maximum absolute atomic E-state index is 13.3. The van der Waals surface area contributed by atoms with Crippen LogP contribution in [0, 0.1) is 12.7 Å². The molecule has 2 rings (SSSR count). The second-order valence-corrected chi connectivity index (χ2v) is 8.71. The lowest BCUT2D eigenvalue weighted by molar-refractivity contribution is -0.133. The Kier molecular flexibility index (Phi) is 9.30. The van der Waals surface area contributed by atoms with Crippen molar-refractivity contribution in [2.24, 2.45) is 0 Å². The van der Waals surface area contributed by atoms with Crippen molar-refractivity contribution < 1.29 is 14.0 Å². The van der Waals surface area contributed by atoms with Gasteiger partial charge >= 0.3 is 6.03 Å². The highest BCUT2D eigenvalue weighted by Crippen LogP contribution is 2.20. The van der Waals surface area contributed by atoms with Crippen LogP contribution in [0.2, 0.25) is 0 Å². The van der Waals surface area contributed by atoms with Crippen LogP contribution in [0.25, 0.3) is 0 Å². The predicted molar refractivity (Wildman–Crippen MR) is 120 cm³/mol. The van der Waals surface area contributed by atoms with E-state index in [0.717, 1.165) is 28.8 Å². The summed E-state index contributed by atoms with van der Waals surface area (Å²) in [6.45, 7) is 9.31. The number of amides is 3. The van der Waals surface area contributed by atoms with Gasteiger partial charge in [0, 0.05) is 24.0 Å². The molecule has 0 saturated carbocycles. The Hall–Kier alpha value is -2.41. The van der Waals surface area contributed by atoms with Gasteiger partial charge in [0.25, 0.3) is 0 Å². The molecule has 1 aromatic heterocycles. The number of rotatable bonds is 10. The Morgan fingerprint density at radius 1 is 1.13 bits per heavy atom. The lowest BCUT2D eigenvalue weighted by atomic mass is 10.2. The van der Waals surface area contributed by atoms with Gasteiger partial charge in [-0.2, -0.15) is 0 Å². The van der Waals surface area contributed by atoms with E-state index in [1.54, 1.807) is 33.3 Å². The molecule has 1 heterocycles. The zero-order valence-electron chi connectivity index (χ0n) is 18.3. The van der Waals surface area contributed by atoms with Crippen molar-refractivity contribution in [3.05, 3.63) is 57.5 Å². The molecule has 1 N–H and O–H groups in total. The van der Waals surface area contributed by atoms with Crippen molar-refractivity contribution in [1.29, 1.82) is 0 Å². The van der Waals surface area contributed by atoms with Crippen LogP contribution in [0.3, 0.4) is 0 Å². The number of hydrogen-bond acceptors (Lipinski definition) is 3. The van der Waals surface area contributed by atoms with Gasteiger partial charge in [-0.15, -0.1) is 11.3 Å². The summed E-state index contributed by atoms with van der Waals surface area (Å²) in [5.41, 5.74) is 1.98. The van der Waals surface area contributed by atoms with E-state index in [1.165, 1.54) is 12.1 Å². The third kappa shape index (κ3) is 7.13. The van der Waals surface area contributed by atoms with Gasteiger partial charge in [0.05, 0.1) is 6.54 Å². The summed E-state index contributed by atoms with van der Waals surface area (Å²) in [7, 11) is 0. The highest BCUT2D eigenvalue weighted by Gasteiger charge is 2.24. The van der Waals surface area contributed by atoms with E-state index in [1.807, 2.05) is 32.2 Å². The number of nitrogens with zero attached hydrogens (tertiary/aromatic N) is 2. The zero-order chi connectivity index (χ0) is 22.1. The molecule has 0 spiro atoms. The molecule has 0 aliphatic heterocycles. The minimum absolute atomic E-state index is 0.00123. The summed E-state index contributed by atoms with van der Waals surface area (Å²) in [4.78, 5) is 30.2. The summed E-state index contributed by atoms with van der Waals surface area (Å²) in [5.74, 6) is -0.438. The van der Waals surface area contributed by atoms with Gasteiger partial charge in [-0.3, -0.25) is 4.79 Å². The van der Waals surface area contributed by atoms with Crippen molar-refractivity contribution in [3.63, 3.8) is 0 Å². The first-order valence-corrected chi connectivity index (χ1v) is 11.3. The zero-order valence-corrected chi connectivity index (χ0v) is 19.1. The van der Waals surface area contributed by atoms with Crippen LogP contribution in [-0.4, -0.2) is 40.9 Å². The summed E-state index contributed by atoms with van der Waals surface area (Å²) in [5, 5.41) is 4.90. The number of halogens is 1. The van der Waals surface area contributed by atoms with E-state index in [2.05, 4.69) is 12.2 Å². The molecular formula is C23H32FN3O2S. The number of nitrogens with one attached hydrogen (secondary N) is 1. The van der Waals surface area contributed by atoms with Gasteiger partial charge in [0.2, 0.25) is 5.91 Å². The van der Waals surface area contributed by atoms with Crippen molar-refractivity contribution in [2.45, 2.75) is 59.7 Å². The minimum Gasteiger partial charge on any atom is -0.338 e. The monoisotopic (exact) mass is 433 g/mol. The van der Waals surface area contributed by atoms with E-state index < -0.39 is 0 Å². The first kappa shape index (κ1) is 23.9. The number of hydrogen-bond donors (Lipinski definition) is 1. The number of aryl methyl sites for hydroxylation is 1. The van der Waals surface area contributed by atoms with E-state index in [9.17, 15) is 14.0 Å². The maximum Gasteiger partial charge on any atom is 0.318 e. The predicted octanol–water partition coefficient (Wildman–Crippen LogP) is 4.94. The molecule has 1 aromatic carbocycles. The molecule has 2 aromatic rings. The van der Waals surface area contributed by atoms with Crippen LogP contribution in [0.15, 0.2) is 35.7 Å². The highest BCUT2D eigenvalue weighted by atomic mass is 32.1. The first-order valence-electron chi connectivity index (χ1n) is 10.4. The minimum atomic E-state index is -0.305. The second kappa shape index (κ2) is 11.7. The van der Waals surface area contributed by atoms with Gasteiger partial charge < -0.3 is 15.1 Å². The maximum atomic E-state index is 13.3. The van der Waals surface area contributed by atoms with Crippen LogP contribution in [-0.2, 0) is 17.9 Å². The third-order valence-electron chi connectivity index (χ3n) is 4.94. The van der Waals surface area contributed by atoms with Gasteiger partial charge in [-0.05, 0) is 61.9 Å². The van der Waals surface area contributed by atoms with Gasteiger partial charge in [0.15, 0.2) is 0 Å². The molecule has 0 radical (unpaired) electrons. The Bertz CT molecular complexity index is 820. The molecule has 0 aliphatic carbocycles. The molecule has 0 saturated heterocycles. The number of unbranched alkanes of at least 4 members (excludes halogenated alkanes) is 1. The Morgan fingerprint density at radius 2 is 1.83 bits per heavy atom. The molecule has 164 valence electrons. The second-order valence-electron chi connectivity index (χ2n) is 7.71. The van der Waals surface area contributed by atoms with E-state index >= 15 is 0 Å². The number of urea groups is 1. The lowest BCUT2D eigenvalue weighted by Crippen LogP contribution is -2.49. The van der Waals surface area contributed by atoms with Crippen molar-refractivity contribution in [2.75, 3.05) is 13.1 Å². The topological polar surface area (TPSA) is 52.7 Å². The third-order valence-corrected chi connectivity index (χ3v) is 5.95. The summed E-state index contributed by atoms with van der Waals surface area (Å²) >= 11 is 1.61. The fourth-order valence-corrected chi connectivity index (χ4v) is 3.91. The molecular weight excluding hydrogens is 401 g/mol. The van der Waals surface area contributed by atoms with Gasteiger partial charge in [-0.25, -0.2) is 9.18 Å². The molecule has 0 unspecified atom stereocenters. The quantitative estimate of drug-likeness (QED) is 0.539. The van der Waals surface area contributed by atoms with Gasteiger partial charge in [0.1, 0.15) is 12.4 Å². The smallest absolute Gasteiger partial charge is 0.318 e. The molecule has 30 heavy (non-hydrogen) atoms. The fourth-order valence-electron chi connectivity index (χ4n) is 2.99.